The zero-order valence-corrected chi connectivity index (χ0v) is 14.5. The molecule has 0 spiro atoms. The summed E-state index contributed by atoms with van der Waals surface area (Å²) in [6.07, 6.45) is 0. The molecule has 0 bridgehead atoms. The largest absolute Gasteiger partial charge is 0.245 e. The lowest BCUT2D eigenvalue weighted by Crippen LogP contribution is -2.36. The number of nitrogens with zero attached hydrogens (tertiary/aromatic N) is 3. The lowest BCUT2D eigenvalue weighted by Gasteiger charge is -2.26. The SMILES string of the molecule is CC(C)N(Cc1ccccc1)S(=O)(=O)c1cccc2nsnc12. The van der Waals surface area contributed by atoms with Crippen molar-refractivity contribution in [2.24, 2.45) is 0 Å². The van der Waals surface area contributed by atoms with Crippen LogP contribution in [0.15, 0.2) is 53.4 Å². The van der Waals surface area contributed by atoms with Crippen molar-refractivity contribution in [1.82, 2.24) is 13.1 Å². The van der Waals surface area contributed by atoms with Crippen molar-refractivity contribution >= 4 is 32.8 Å². The van der Waals surface area contributed by atoms with Gasteiger partial charge in [0.25, 0.3) is 0 Å². The Kier molecular flexibility index (Phi) is 4.43. The molecule has 0 aliphatic rings. The molecule has 0 saturated carbocycles. The summed E-state index contributed by atoms with van der Waals surface area (Å²) in [5.41, 5.74) is 2.00. The van der Waals surface area contributed by atoms with Gasteiger partial charge in [-0.3, -0.25) is 0 Å². The second kappa shape index (κ2) is 6.35. The quantitative estimate of drug-likeness (QED) is 0.710. The van der Waals surface area contributed by atoms with Gasteiger partial charge in [0.2, 0.25) is 10.0 Å². The number of fused-ring (bicyclic) bond motifs is 1. The van der Waals surface area contributed by atoms with Crippen LogP contribution in [0.1, 0.15) is 19.4 Å². The van der Waals surface area contributed by atoms with Crippen molar-refractivity contribution in [3.05, 3.63) is 54.1 Å². The van der Waals surface area contributed by atoms with Gasteiger partial charge in [-0.25, -0.2) is 8.42 Å². The van der Waals surface area contributed by atoms with Crippen molar-refractivity contribution in [1.29, 1.82) is 0 Å². The fourth-order valence-corrected chi connectivity index (χ4v) is 4.80. The molecular formula is C16H17N3O2S2. The van der Waals surface area contributed by atoms with Crippen LogP contribution in [0.3, 0.4) is 0 Å². The second-order valence-corrected chi connectivity index (χ2v) is 7.91. The van der Waals surface area contributed by atoms with Gasteiger partial charge in [-0.05, 0) is 31.5 Å². The molecule has 0 radical (unpaired) electrons. The van der Waals surface area contributed by atoms with Gasteiger partial charge in [-0.2, -0.15) is 13.1 Å². The Bertz CT molecular complexity index is 905. The zero-order chi connectivity index (χ0) is 16.4. The standard InChI is InChI=1S/C16H17N3O2S2/c1-12(2)19(11-13-7-4-3-5-8-13)23(20,21)15-10-6-9-14-16(15)18-22-17-14/h3-10,12H,11H2,1-2H3. The van der Waals surface area contributed by atoms with Crippen LogP contribution in [0.25, 0.3) is 11.0 Å². The topological polar surface area (TPSA) is 63.2 Å². The molecule has 2 aromatic carbocycles. The molecule has 3 aromatic rings. The van der Waals surface area contributed by atoms with Crippen LogP contribution in [-0.4, -0.2) is 27.5 Å². The molecule has 0 N–H and O–H groups in total. The van der Waals surface area contributed by atoms with Crippen molar-refractivity contribution in [2.45, 2.75) is 31.3 Å². The van der Waals surface area contributed by atoms with E-state index >= 15 is 0 Å². The highest BCUT2D eigenvalue weighted by Crippen LogP contribution is 2.26. The maximum atomic E-state index is 13.2. The Labute approximate surface area is 140 Å². The molecule has 0 aliphatic heterocycles. The molecule has 0 aliphatic carbocycles. The number of hydrogen-bond donors (Lipinski definition) is 0. The van der Waals surface area contributed by atoms with Crippen molar-refractivity contribution < 1.29 is 8.42 Å². The molecule has 0 saturated heterocycles. The van der Waals surface area contributed by atoms with E-state index in [0.717, 1.165) is 17.3 Å². The zero-order valence-electron chi connectivity index (χ0n) is 12.9. The predicted octanol–water partition coefficient (Wildman–Crippen LogP) is 3.29. The Morgan fingerprint density at radius 2 is 1.78 bits per heavy atom. The third-order valence-electron chi connectivity index (χ3n) is 3.59. The Balaban J connectivity index is 2.06. The first-order valence-corrected chi connectivity index (χ1v) is 9.44. The van der Waals surface area contributed by atoms with Crippen LogP contribution in [0.5, 0.6) is 0 Å². The molecule has 7 heteroatoms. The Morgan fingerprint density at radius 3 is 2.48 bits per heavy atom. The molecule has 3 rings (SSSR count). The fraction of sp³-hybridized carbons (Fsp3) is 0.250. The molecule has 23 heavy (non-hydrogen) atoms. The van der Waals surface area contributed by atoms with Gasteiger partial charge in [0.1, 0.15) is 15.9 Å². The maximum absolute atomic E-state index is 13.2. The molecule has 0 atom stereocenters. The average molecular weight is 347 g/mol. The van der Waals surface area contributed by atoms with E-state index in [9.17, 15) is 8.42 Å². The van der Waals surface area contributed by atoms with Gasteiger partial charge in [-0.1, -0.05) is 36.4 Å². The number of sulfonamides is 1. The third-order valence-corrected chi connectivity index (χ3v) is 6.19. The summed E-state index contributed by atoms with van der Waals surface area (Å²) >= 11 is 1.02. The first kappa shape index (κ1) is 16.0. The van der Waals surface area contributed by atoms with E-state index in [1.807, 2.05) is 44.2 Å². The van der Waals surface area contributed by atoms with E-state index in [1.165, 1.54) is 4.31 Å². The van der Waals surface area contributed by atoms with Crippen LogP contribution in [0.4, 0.5) is 0 Å². The summed E-state index contributed by atoms with van der Waals surface area (Å²) in [5, 5.41) is 0. The molecule has 1 heterocycles. The minimum Gasteiger partial charge on any atom is -0.207 e. The van der Waals surface area contributed by atoms with Crippen LogP contribution in [-0.2, 0) is 16.6 Å². The summed E-state index contributed by atoms with van der Waals surface area (Å²) in [6, 6.07) is 14.5. The van der Waals surface area contributed by atoms with E-state index in [4.69, 9.17) is 0 Å². The maximum Gasteiger partial charge on any atom is 0.245 e. The van der Waals surface area contributed by atoms with Gasteiger partial charge in [-0.15, -0.1) is 0 Å². The lowest BCUT2D eigenvalue weighted by molar-refractivity contribution is 0.348. The van der Waals surface area contributed by atoms with Crippen LogP contribution < -0.4 is 0 Å². The Hall–Kier alpha value is -1.83. The van der Waals surface area contributed by atoms with Gasteiger partial charge in [0, 0.05) is 12.6 Å². The predicted molar refractivity (Wildman–Crippen MR) is 91.7 cm³/mol. The molecular weight excluding hydrogens is 330 g/mol. The molecule has 1 aromatic heterocycles. The highest BCUT2D eigenvalue weighted by molar-refractivity contribution is 7.89. The lowest BCUT2D eigenvalue weighted by atomic mass is 10.2. The van der Waals surface area contributed by atoms with E-state index < -0.39 is 10.0 Å². The average Bonchev–Trinajstić information content (AvgIpc) is 3.01. The van der Waals surface area contributed by atoms with E-state index in [2.05, 4.69) is 8.75 Å². The van der Waals surface area contributed by atoms with Crippen molar-refractivity contribution in [3.8, 4) is 0 Å². The van der Waals surface area contributed by atoms with Crippen LogP contribution >= 0.6 is 11.7 Å². The summed E-state index contributed by atoms with van der Waals surface area (Å²) in [6.45, 7) is 4.08. The number of hydrogen-bond acceptors (Lipinski definition) is 5. The number of aromatic nitrogens is 2. The summed E-state index contributed by atoms with van der Waals surface area (Å²) in [4.78, 5) is 0.216. The Morgan fingerprint density at radius 1 is 1.04 bits per heavy atom. The highest BCUT2D eigenvalue weighted by atomic mass is 32.2. The third kappa shape index (κ3) is 3.12. The van der Waals surface area contributed by atoms with Crippen molar-refractivity contribution in [3.63, 3.8) is 0 Å². The van der Waals surface area contributed by atoms with Gasteiger partial charge in [0.15, 0.2) is 0 Å². The van der Waals surface area contributed by atoms with Crippen LogP contribution in [0, 0.1) is 0 Å². The molecule has 0 unspecified atom stereocenters. The first-order chi connectivity index (χ1) is 11.0. The van der Waals surface area contributed by atoms with Gasteiger partial charge >= 0.3 is 0 Å². The summed E-state index contributed by atoms with van der Waals surface area (Å²) in [5.74, 6) is 0. The van der Waals surface area contributed by atoms with Crippen molar-refractivity contribution in [2.75, 3.05) is 0 Å². The molecule has 0 amide bonds. The van der Waals surface area contributed by atoms with Crippen LogP contribution in [0.2, 0.25) is 0 Å². The monoisotopic (exact) mass is 347 g/mol. The van der Waals surface area contributed by atoms with E-state index in [-0.39, 0.29) is 10.9 Å². The second-order valence-electron chi connectivity index (χ2n) is 5.52. The summed E-state index contributed by atoms with van der Waals surface area (Å²) < 4.78 is 36.1. The highest BCUT2D eigenvalue weighted by Gasteiger charge is 2.29. The first-order valence-electron chi connectivity index (χ1n) is 7.27. The number of benzene rings is 2. The molecule has 0 fully saturated rings. The minimum atomic E-state index is -3.66. The minimum absolute atomic E-state index is 0.165. The molecule has 5 nitrogen and oxygen atoms in total. The van der Waals surface area contributed by atoms with E-state index in [1.54, 1.807) is 18.2 Å². The number of rotatable bonds is 5. The molecule has 120 valence electrons. The summed E-state index contributed by atoms with van der Waals surface area (Å²) in [7, 11) is -3.66. The fourth-order valence-electron chi connectivity index (χ4n) is 2.42. The normalized spacial score (nSPS) is 12.3. The van der Waals surface area contributed by atoms with Gasteiger partial charge in [0.05, 0.1) is 11.7 Å². The van der Waals surface area contributed by atoms with E-state index in [0.29, 0.717) is 17.6 Å². The van der Waals surface area contributed by atoms with Gasteiger partial charge < -0.3 is 0 Å². The smallest absolute Gasteiger partial charge is 0.207 e.